The average molecular weight is 330 g/mol. The topological polar surface area (TPSA) is 64.1 Å². The Kier molecular flexibility index (Phi) is 5.22. The van der Waals surface area contributed by atoms with Crippen molar-refractivity contribution in [2.45, 2.75) is 17.4 Å². The first-order chi connectivity index (χ1) is 9.60. The average Bonchev–Trinajstić information content (AvgIpc) is 2.89. The van der Waals surface area contributed by atoms with E-state index >= 15 is 0 Å². The number of carbonyl (C=O) groups excluding carboxylic acids is 1. The Hall–Kier alpha value is -1.31. The number of ether oxygens (including phenoxy) is 1. The van der Waals surface area contributed by atoms with Crippen LogP contribution >= 0.6 is 34.7 Å². The minimum atomic E-state index is -0.684. The summed E-state index contributed by atoms with van der Waals surface area (Å²) in [7, 11) is 0. The zero-order chi connectivity index (χ0) is 14.5. The number of nitrogens with zero attached hydrogens (tertiary/aromatic N) is 2. The highest BCUT2D eigenvalue weighted by Gasteiger charge is 2.17. The Morgan fingerprint density at radius 3 is 2.85 bits per heavy atom. The Morgan fingerprint density at radius 1 is 1.45 bits per heavy atom. The quantitative estimate of drug-likeness (QED) is 0.673. The number of halogens is 1. The highest BCUT2D eigenvalue weighted by molar-refractivity contribution is 8.00. The van der Waals surface area contributed by atoms with Gasteiger partial charge in [0, 0.05) is 0 Å². The van der Waals surface area contributed by atoms with Crippen LogP contribution in [0.5, 0.6) is 5.75 Å². The van der Waals surface area contributed by atoms with Gasteiger partial charge in [-0.3, -0.25) is 10.1 Å². The number of hydrogen-bond donors (Lipinski definition) is 1. The molecule has 1 N–H and O–H groups in total. The van der Waals surface area contributed by atoms with Gasteiger partial charge in [0.05, 0.1) is 5.02 Å². The lowest BCUT2D eigenvalue weighted by Gasteiger charge is -2.14. The van der Waals surface area contributed by atoms with E-state index < -0.39 is 6.10 Å². The summed E-state index contributed by atoms with van der Waals surface area (Å²) in [6.45, 7) is 1.65. The maximum Gasteiger partial charge on any atom is 0.266 e. The lowest BCUT2D eigenvalue weighted by molar-refractivity contribution is -0.122. The van der Waals surface area contributed by atoms with E-state index in [0.29, 0.717) is 15.9 Å². The molecule has 0 aliphatic rings. The van der Waals surface area contributed by atoms with Crippen LogP contribution in [0.4, 0.5) is 5.13 Å². The van der Waals surface area contributed by atoms with Gasteiger partial charge in [0.25, 0.3) is 5.91 Å². The van der Waals surface area contributed by atoms with Crippen molar-refractivity contribution in [2.24, 2.45) is 0 Å². The molecule has 0 bridgehead atoms. The highest BCUT2D eigenvalue weighted by Crippen LogP contribution is 2.25. The van der Waals surface area contributed by atoms with Crippen molar-refractivity contribution < 1.29 is 9.53 Å². The van der Waals surface area contributed by atoms with E-state index in [1.807, 2.05) is 6.26 Å². The Labute approximate surface area is 129 Å². The van der Waals surface area contributed by atoms with Gasteiger partial charge in [0.15, 0.2) is 10.4 Å². The SMILES string of the molecule is CSc1nnc(NC(=O)[C@H](C)Oc2ccccc2Cl)s1. The van der Waals surface area contributed by atoms with Crippen molar-refractivity contribution in [2.75, 3.05) is 11.6 Å². The van der Waals surface area contributed by atoms with E-state index in [0.717, 1.165) is 4.34 Å². The standard InChI is InChI=1S/C12H12ClN3O2S2/c1-7(18-9-6-4-3-5-8(9)13)10(17)14-11-15-16-12(19-2)20-11/h3-7H,1-2H3,(H,14,15,17)/t7-/m0/s1. The van der Waals surface area contributed by atoms with E-state index in [1.54, 1.807) is 31.2 Å². The predicted octanol–water partition coefficient (Wildman–Crippen LogP) is 3.32. The third kappa shape index (κ3) is 3.84. The fraction of sp³-hybridized carbons (Fsp3) is 0.250. The zero-order valence-electron chi connectivity index (χ0n) is 10.8. The number of para-hydroxylation sites is 1. The van der Waals surface area contributed by atoms with E-state index in [-0.39, 0.29) is 5.91 Å². The van der Waals surface area contributed by atoms with Gasteiger partial charge in [-0.2, -0.15) is 0 Å². The summed E-state index contributed by atoms with van der Waals surface area (Å²) in [6, 6.07) is 7.01. The number of amides is 1. The van der Waals surface area contributed by atoms with Gasteiger partial charge in [0.1, 0.15) is 5.75 Å². The fourth-order valence-electron chi connectivity index (χ4n) is 1.33. The van der Waals surface area contributed by atoms with Crippen LogP contribution in [-0.2, 0) is 4.79 Å². The number of rotatable bonds is 5. The normalized spacial score (nSPS) is 11.9. The summed E-state index contributed by atoms with van der Waals surface area (Å²) in [6.07, 6.45) is 1.21. The largest absolute Gasteiger partial charge is 0.479 e. The maximum atomic E-state index is 12.0. The first-order valence-electron chi connectivity index (χ1n) is 5.69. The fourth-order valence-corrected chi connectivity index (χ4v) is 2.69. The number of aromatic nitrogens is 2. The lowest BCUT2D eigenvalue weighted by Crippen LogP contribution is -2.30. The first kappa shape index (κ1) is 15.1. The highest BCUT2D eigenvalue weighted by atomic mass is 35.5. The van der Waals surface area contributed by atoms with Crippen LogP contribution in [0.1, 0.15) is 6.92 Å². The van der Waals surface area contributed by atoms with Gasteiger partial charge >= 0.3 is 0 Å². The second-order valence-corrected chi connectivity index (χ2v) is 6.20. The summed E-state index contributed by atoms with van der Waals surface area (Å²) in [5.74, 6) is 0.174. The predicted molar refractivity (Wildman–Crippen MR) is 81.9 cm³/mol. The van der Waals surface area contributed by atoms with Gasteiger partial charge in [-0.1, -0.05) is 46.8 Å². The van der Waals surface area contributed by atoms with Crippen molar-refractivity contribution in [1.82, 2.24) is 10.2 Å². The zero-order valence-corrected chi connectivity index (χ0v) is 13.2. The Balaban J connectivity index is 1.97. The van der Waals surface area contributed by atoms with Crippen molar-refractivity contribution in [1.29, 1.82) is 0 Å². The number of benzene rings is 1. The van der Waals surface area contributed by atoms with Gasteiger partial charge in [-0.25, -0.2) is 0 Å². The smallest absolute Gasteiger partial charge is 0.266 e. The molecule has 2 aromatic rings. The van der Waals surface area contributed by atoms with Crippen LogP contribution in [-0.4, -0.2) is 28.5 Å². The third-order valence-corrected chi connectivity index (χ3v) is 4.45. The van der Waals surface area contributed by atoms with E-state index in [1.165, 1.54) is 23.1 Å². The number of hydrogen-bond acceptors (Lipinski definition) is 6. The monoisotopic (exact) mass is 329 g/mol. The summed E-state index contributed by atoms with van der Waals surface area (Å²) in [5.41, 5.74) is 0. The Morgan fingerprint density at radius 2 is 2.20 bits per heavy atom. The third-order valence-electron chi connectivity index (χ3n) is 2.32. The maximum absolute atomic E-state index is 12.0. The van der Waals surface area contributed by atoms with Crippen molar-refractivity contribution >= 4 is 45.7 Å². The van der Waals surface area contributed by atoms with Crippen LogP contribution < -0.4 is 10.1 Å². The van der Waals surface area contributed by atoms with Gasteiger partial charge in [-0.15, -0.1) is 10.2 Å². The minimum Gasteiger partial charge on any atom is -0.479 e. The second kappa shape index (κ2) is 6.92. The van der Waals surface area contributed by atoms with Gasteiger partial charge in [0.2, 0.25) is 5.13 Å². The van der Waals surface area contributed by atoms with Crippen molar-refractivity contribution in [3.63, 3.8) is 0 Å². The lowest BCUT2D eigenvalue weighted by atomic mass is 10.3. The molecule has 5 nitrogen and oxygen atoms in total. The minimum absolute atomic E-state index is 0.297. The van der Waals surface area contributed by atoms with E-state index in [4.69, 9.17) is 16.3 Å². The number of nitrogens with one attached hydrogen (secondary N) is 1. The summed E-state index contributed by atoms with van der Waals surface area (Å²) < 4.78 is 6.31. The molecule has 2 rings (SSSR count). The molecule has 1 aromatic carbocycles. The van der Waals surface area contributed by atoms with Crippen LogP contribution in [0.3, 0.4) is 0 Å². The van der Waals surface area contributed by atoms with E-state index in [2.05, 4.69) is 15.5 Å². The molecule has 1 atom stereocenters. The van der Waals surface area contributed by atoms with Crippen molar-refractivity contribution in [3.8, 4) is 5.75 Å². The summed E-state index contributed by atoms with van der Waals surface area (Å²) in [5, 5.41) is 11.3. The molecule has 0 saturated heterocycles. The first-order valence-corrected chi connectivity index (χ1v) is 8.11. The molecule has 1 amide bonds. The molecular formula is C12H12ClN3O2S2. The molecule has 20 heavy (non-hydrogen) atoms. The number of carbonyl (C=O) groups is 1. The van der Waals surface area contributed by atoms with Crippen LogP contribution in [0.2, 0.25) is 5.02 Å². The number of anilines is 1. The van der Waals surface area contributed by atoms with Crippen LogP contribution in [0, 0.1) is 0 Å². The molecule has 0 spiro atoms. The number of thioether (sulfide) groups is 1. The molecule has 0 saturated carbocycles. The summed E-state index contributed by atoms with van der Waals surface area (Å²) >= 11 is 8.77. The molecule has 0 aliphatic heterocycles. The van der Waals surface area contributed by atoms with Crippen LogP contribution in [0.25, 0.3) is 0 Å². The van der Waals surface area contributed by atoms with E-state index in [9.17, 15) is 4.79 Å². The van der Waals surface area contributed by atoms with Crippen molar-refractivity contribution in [3.05, 3.63) is 29.3 Å². The van der Waals surface area contributed by atoms with Crippen LogP contribution in [0.15, 0.2) is 28.6 Å². The molecule has 8 heteroatoms. The molecule has 0 radical (unpaired) electrons. The molecular weight excluding hydrogens is 318 g/mol. The van der Waals surface area contributed by atoms with Gasteiger partial charge in [-0.05, 0) is 25.3 Å². The second-order valence-electron chi connectivity index (χ2n) is 3.76. The Bertz CT molecular complexity index is 606. The van der Waals surface area contributed by atoms with Gasteiger partial charge < -0.3 is 4.74 Å². The molecule has 1 aromatic heterocycles. The molecule has 0 aliphatic carbocycles. The molecule has 0 unspecified atom stereocenters. The summed E-state index contributed by atoms with van der Waals surface area (Å²) in [4.78, 5) is 12.0. The molecule has 0 fully saturated rings. The molecule has 1 heterocycles. The molecule has 106 valence electrons.